The monoisotopic (exact) mass is 294 g/mol. The SMILES string of the molecule is Cc1ccc(OCC(O)CNCCC(=O)NC(C)C)cc1. The van der Waals surface area contributed by atoms with Crippen LogP contribution in [0.3, 0.4) is 0 Å². The summed E-state index contributed by atoms with van der Waals surface area (Å²) in [5.41, 5.74) is 1.17. The number of benzene rings is 1. The number of rotatable bonds is 9. The van der Waals surface area contributed by atoms with E-state index in [9.17, 15) is 9.90 Å². The molecule has 3 N–H and O–H groups in total. The van der Waals surface area contributed by atoms with E-state index < -0.39 is 6.10 Å². The zero-order valence-electron chi connectivity index (χ0n) is 13.1. The Morgan fingerprint density at radius 2 is 1.95 bits per heavy atom. The maximum Gasteiger partial charge on any atom is 0.221 e. The predicted molar refractivity (Wildman–Crippen MR) is 83.4 cm³/mol. The molecule has 0 aliphatic carbocycles. The van der Waals surface area contributed by atoms with Gasteiger partial charge >= 0.3 is 0 Å². The summed E-state index contributed by atoms with van der Waals surface area (Å²) in [6.45, 7) is 7.04. The molecule has 5 nitrogen and oxygen atoms in total. The van der Waals surface area contributed by atoms with E-state index in [4.69, 9.17) is 4.74 Å². The van der Waals surface area contributed by atoms with Gasteiger partial charge in [-0.1, -0.05) is 17.7 Å². The lowest BCUT2D eigenvalue weighted by atomic mass is 10.2. The van der Waals surface area contributed by atoms with Gasteiger partial charge < -0.3 is 20.5 Å². The van der Waals surface area contributed by atoms with E-state index in [1.54, 1.807) is 0 Å². The Labute approximate surface area is 126 Å². The molecule has 1 unspecified atom stereocenters. The van der Waals surface area contributed by atoms with Gasteiger partial charge in [0.2, 0.25) is 5.91 Å². The molecule has 118 valence electrons. The molecule has 0 spiro atoms. The molecular formula is C16H26N2O3. The molecule has 0 aromatic heterocycles. The van der Waals surface area contributed by atoms with Crippen molar-refractivity contribution in [3.8, 4) is 5.75 Å². The highest BCUT2D eigenvalue weighted by Gasteiger charge is 2.06. The summed E-state index contributed by atoms with van der Waals surface area (Å²) in [6, 6.07) is 7.85. The Bertz CT molecular complexity index is 418. The lowest BCUT2D eigenvalue weighted by Gasteiger charge is -2.14. The number of aliphatic hydroxyl groups excluding tert-OH is 1. The first kappa shape index (κ1) is 17.5. The number of nitrogens with one attached hydrogen (secondary N) is 2. The van der Waals surface area contributed by atoms with Crippen LogP contribution >= 0.6 is 0 Å². The Hall–Kier alpha value is -1.59. The number of aliphatic hydroxyl groups is 1. The topological polar surface area (TPSA) is 70.6 Å². The standard InChI is InChI=1S/C16H26N2O3/c1-12(2)18-16(20)8-9-17-10-14(19)11-21-15-6-4-13(3)5-7-15/h4-7,12,14,17,19H,8-11H2,1-3H3,(H,18,20). The molecule has 0 heterocycles. The van der Waals surface area contributed by atoms with Crippen LogP contribution in [0, 0.1) is 6.92 Å². The second-order valence-electron chi connectivity index (χ2n) is 5.45. The number of hydrogen-bond acceptors (Lipinski definition) is 4. The highest BCUT2D eigenvalue weighted by molar-refractivity contribution is 5.76. The van der Waals surface area contributed by atoms with Gasteiger partial charge in [0.1, 0.15) is 18.5 Å². The third kappa shape index (κ3) is 8.32. The molecular weight excluding hydrogens is 268 g/mol. The van der Waals surface area contributed by atoms with Crippen molar-refractivity contribution >= 4 is 5.91 Å². The number of amides is 1. The number of carbonyl (C=O) groups excluding carboxylic acids is 1. The van der Waals surface area contributed by atoms with Crippen molar-refractivity contribution < 1.29 is 14.6 Å². The van der Waals surface area contributed by atoms with E-state index in [0.29, 0.717) is 19.5 Å². The fourth-order valence-corrected chi connectivity index (χ4v) is 1.75. The number of aryl methyl sites for hydroxylation is 1. The lowest BCUT2D eigenvalue weighted by molar-refractivity contribution is -0.121. The highest BCUT2D eigenvalue weighted by Crippen LogP contribution is 2.11. The van der Waals surface area contributed by atoms with Crippen molar-refractivity contribution in [3.63, 3.8) is 0 Å². The smallest absolute Gasteiger partial charge is 0.221 e. The minimum absolute atomic E-state index is 0.0166. The van der Waals surface area contributed by atoms with Crippen LogP contribution < -0.4 is 15.4 Å². The van der Waals surface area contributed by atoms with Crippen molar-refractivity contribution in [2.75, 3.05) is 19.7 Å². The summed E-state index contributed by atoms with van der Waals surface area (Å²) < 4.78 is 5.48. The first-order valence-electron chi connectivity index (χ1n) is 7.35. The Balaban J connectivity index is 2.10. The molecule has 0 aliphatic heterocycles. The molecule has 21 heavy (non-hydrogen) atoms. The summed E-state index contributed by atoms with van der Waals surface area (Å²) in [6.07, 6.45) is -0.191. The second-order valence-corrected chi connectivity index (χ2v) is 5.45. The minimum atomic E-state index is -0.598. The first-order chi connectivity index (χ1) is 9.97. The van der Waals surface area contributed by atoms with Gasteiger partial charge in [0.25, 0.3) is 0 Å². The number of carbonyl (C=O) groups is 1. The lowest BCUT2D eigenvalue weighted by Crippen LogP contribution is -2.35. The van der Waals surface area contributed by atoms with Crippen LogP contribution in [0.15, 0.2) is 24.3 Å². The van der Waals surface area contributed by atoms with Gasteiger partial charge in [-0.25, -0.2) is 0 Å². The molecule has 0 bridgehead atoms. The van der Waals surface area contributed by atoms with E-state index in [1.165, 1.54) is 5.56 Å². The van der Waals surface area contributed by atoms with Crippen LogP contribution in [0.1, 0.15) is 25.8 Å². The quantitative estimate of drug-likeness (QED) is 0.599. The van der Waals surface area contributed by atoms with Crippen LogP contribution in [0.5, 0.6) is 5.75 Å². The molecule has 0 saturated carbocycles. The number of hydrogen-bond donors (Lipinski definition) is 3. The van der Waals surface area contributed by atoms with Crippen LogP contribution in [-0.2, 0) is 4.79 Å². The molecule has 1 rings (SSSR count). The van der Waals surface area contributed by atoms with E-state index in [-0.39, 0.29) is 18.6 Å². The second kappa shape index (κ2) is 9.37. The molecule has 0 aliphatic rings. The maximum atomic E-state index is 11.4. The zero-order valence-corrected chi connectivity index (χ0v) is 13.1. The molecule has 1 atom stereocenters. The van der Waals surface area contributed by atoms with Gasteiger partial charge in [0.15, 0.2) is 0 Å². The summed E-state index contributed by atoms with van der Waals surface area (Å²) in [7, 11) is 0. The molecule has 0 radical (unpaired) electrons. The number of ether oxygens (including phenoxy) is 1. The normalized spacial score (nSPS) is 12.2. The predicted octanol–water partition coefficient (Wildman–Crippen LogP) is 1.24. The van der Waals surface area contributed by atoms with Crippen LogP contribution in [0.2, 0.25) is 0 Å². The van der Waals surface area contributed by atoms with Crippen molar-refractivity contribution in [1.29, 1.82) is 0 Å². The van der Waals surface area contributed by atoms with Crippen LogP contribution in [-0.4, -0.2) is 42.9 Å². The van der Waals surface area contributed by atoms with Crippen molar-refractivity contribution in [2.45, 2.75) is 39.3 Å². The van der Waals surface area contributed by atoms with E-state index >= 15 is 0 Å². The van der Waals surface area contributed by atoms with Crippen molar-refractivity contribution in [1.82, 2.24) is 10.6 Å². The van der Waals surface area contributed by atoms with Gasteiger partial charge in [0, 0.05) is 25.6 Å². The fourth-order valence-electron chi connectivity index (χ4n) is 1.75. The largest absolute Gasteiger partial charge is 0.491 e. The molecule has 5 heteroatoms. The Morgan fingerprint density at radius 3 is 2.57 bits per heavy atom. The highest BCUT2D eigenvalue weighted by atomic mass is 16.5. The van der Waals surface area contributed by atoms with Crippen LogP contribution in [0.25, 0.3) is 0 Å². The van der Waals surface area contributed by atoms with Gasteiger partial charge in [-0.05, 0) is 32.9 Å². The zero-order chi connectivity index (χ0) is 15.7. The molecule has 0 fully saturated rings. The maximum absolute atomic E-state index is 11.4. The molecule has 1 amide bonds. The van der Waals surface area contributed by atoms with Crippen LogP contribution in [0.4, 0.5) is 0 Å². The van der Waals surface area contributed by atoms with Gasteiger partial charge in [-0.15, -0.1) is 0 Å². The first-order valence-corrected chi connectivity index (χ1v) is 7.35. The fraction of sp³-hybridized carbons (Fsp3) is 0.562. The van der Waals surface area contributed by atoms with E-state index in [2.05, 4.69) is 10.6 Å². The third-order valence-corrected chi connectivity index (χ3v) is 2.82. The summed E-state index contributed by atoms with van der Waals surface area (Å²) in [5, 5.41) is 15.6. The average Bonchev–Trinajstić information content (AvgIpc) is 2.42. The minimum Gasteiger partial charge on any atom is -0.491 e. The van der Waals surface area contributed by atoms with Gasteiger partial charge in [-0.3, -0.25) is 4.79 Å². The van der Waals surface area contributed by atoms with Gasteiger partial charge in [0.05, 0.1) is 0 Å². The molecule has 0 saturated heterocycles. The Kier molecular flexibility index (Phi) is 7.79. The molecule has 1 aromatic carbocycles. The third-order valence-electron chi connectivity index (χ3n) is 2.82. The summed E-state index contributed by atoms with van der Waals surface area (Å²) in [5.74, 6) is 0.763. The van der Waals surface area contributed by atoms with E-state index in [1.807, 2.05) is 45.0 Å². The van der Waals surface area contributed by atoms with Gasteiger partial charge in [-0.2, -0.15) is 0 Å². The van der Waals surface area contributed by atoms with E-state index in [0.717, 1.165) is 5.75 Å². The summed E-state index contributed by atoms with van der Waals surface area (Å²) >= 11 is 0. The van der Waals surface area contributed by atoms with Crippen molar-refractivity contribution in [3.05, 3.63) is 29.8 Å². The average molecular weight is 294 g/mol. The summed E-state index contributed by atoms with van der Waals surface area (Å²) in [4.78, 5) is 11.4. The Morgan fingerprint density at radius 1 is 1.29 bits per heavy atom. The van der Waals surface area contributed by atoms with Crippen molar-refractivity contribution in [2.24, 2.45) is 0 Å². The molecule has 1 aromatic rings.